The van der Waals surface area contributed by atoms with E-state index in [1.54, 1.807) is 0 Å². The normalized spacial score (nSPS) is 11.7. The maximum absolute atomic E-state index is 6.10. The maximum Gasteiger partial charge on any atom is 0.164 e. The Hall–Kier alpha value is -5.61. The number of furan rings is 1. The monoisotopic (exact) mass is 541 g/mol. The first kappa shape index (κ1) is 25.4. The van der Waals surface area contributed by atoms with Crippen molar-refractivity contribution in [1.29, 1.82) is 0 Å². The fourth-order valence-electron chi connectivity index (χ4n) is 5.36. The molecule has 0 saturated heterocycles. The minimum atomic E-state index is 0.635. The van der Waals surface area contributed by atoms with Gasteiger partial charge in [0.15, 0.2) is 17.5 Å². The van der Waals surface area contributed by atoms with E-state index in [0.29, 0.717) is 17.5 Å². The van der Waals surface area contributed by atoms with Crippen LogP contribution in [0.4, 0.5) is 0 Å². The summed E-state index contributed by atoms with van der Waals surface area (Å²) in [5.74, 6) is 1.93. The van der Waals surface area contributed by atoms with Gasteiger partial charge in [-0.3, -0.25) is 0 Å². The van der Waals surface area contributed by atoms with E-state index in [1.165, 1.54) is 0 Å². The Balaban J connectivity index is 1.32. The topological polar surface area (TPSA) is 51.8 Å². The van der Waals surface area contributed by atoms with Crippen molar-refractivity contribution < 1.29 is 4.42 Å². The first-order valence-corrected chi connectivity index (χ1v) is 13.9. The number of aromatic nitrogens is 3. The molecule has 0 radical (unpaired) electrons. The molecule has 0 saturated carbocycles. The Labute approximate surface area is 244 Å². The van der Waals surface area contributed by atoms with Gasteiger partial charge in [0.25, 0.3) is 0 Å². The van der Waals surface area contributed by atoms with Gasteiger partial charge in [-0.15, -0.1) is 0 Å². The zero-order valence-electron chi connectivity index (χ0n) is 23.2. The minimum Gasteiger partial charge on any atom is -0.456 e. The third-order valence-corrected chi connectivity index (χ3v) is 7.47. The molecule has 0 unspecified atom stereocenters. The lowest BCUT2D eigenvalue weighted by atomic mass is 9.96. The number of nitrogens with zero attached hydrogens (tertiary/aromatic N) is 3. The highest BCUT2D eigenvalue weighted by atomic mass is 16.3. The van der Waals surface area contributed by atoms with Crippen LogP contribution < -0.4 is 0 Å². The van der Waals surface area contributed by atoms with Crippen molar-refractivity contribution in [2.24, 2.45) is 0 Å². The second kappa shape index (κ2) is 10.8. The number of fused-ring (bicyclic) bond motifs is 3. The van der Waals surface area contributed by atoms with Gasteiger partial charge in [0.05, 0.1) is 0 Å². The molecule has 42 heavy (non-hydrogen) atoms. The maximum atomic E-state index is 6.10. The van der Waals surface area contributed by atoms with Crippen molar-refractivity contribution in [3.63, 3.8) is 0 Å². The Kier molecular flexibility index (Phi) is 6.49. The van der Waals surface area contributed by atoms with Gasteiger partial charge in [-0.2, -0.15) is 0 Å². The molecule has 7 rings (SSSR count). The summed E-state index contributed by atoms with van der Waals surface area (Å²) in [6, 6.07) is 40.7. The van der Waals surface area contributed by atoms with Crippen LogP contribution in [0, 0.1) is 0 Å². The number of allylic oxidation sites excluding steroid dienone is 1. The fourth-order valence-corrected chi connectivity index (χ4v) is 5.36. The molecule has 4 heteroatoms. The second-order valence-electron chi connectivity index (χ2n) is 10.2. The Morgan fingerprint density at radius 2 is 1.21 bits per heavy atom. The molecule has 0 bridgehead atoms. The third-order valence-electron chi connectivity index (χ3n) is 7.47. The van der Waals surface area contributed by atoms with Crippen molar-refractivity contribution in [1.82, 2.24) is 15.0 Å². The summed E-state index contributed by atoms with van der Waals surface area (Å²) >= 11 is 0. The zero-order valence-corrected chi connectivity index (χ0v) is 23.2. The summed E-state index contributed by atoms with van der Waals surface area (Å²) in [6.45, 7) is 6.26. The van der Waals surface area contributed by atoms with Crippen LogP contribution in [0.25, 0.3) is 73.8 Å². The summed E-state index contributed by atoms with van der Waals surface area (Å²) in [4.78, 5) is 14.6. The van der Waals surface area contributed by atoms with Crippen molar-refractivity contribution in [3.8, 4) is 34.2 Å². The average Bonchev–Trinajstić information content (AvgIpc) is 3.44. The van der Waals surface area contributed by atoms with Crippen LogP contribution >= 0.6 is 0 Å². The van der Waals surface area contributed by atoms with Crippen LogP contribution in [0.1, 0.15) is 23.6 Å². The van der Waals surface area contributed by atoms with Gasteiger partial charge in [0.2, 0.25) is 0 Å². The summed E-state index contributed by atoms with van der Waals surface area (Å²) in [6.07, 6.45) is 4.12. The quantitative estimate of drug-likeness (QED) is 0.197. The highest BCUT2D eigenvalue weighted by Crippen LogP contribution is 2.35. The molecule has 7 aromatic rings. The predicted molar refractivity (Wildman–Crippen MR) is 173 cm³/mol. The second-order valence-corrected chi connectivity index (χ2v) is 10.2. The van der Waals surface area contributed by atoms with E-state index >= 15 is 0 Å². The van der Waals surface area contributed by atoms with Crippen molar-refractivity contribution in [3.05, 3.63) is 145 Å². The van der Waals surface area contributed by atoms with E-state index in [2.05, 4.69) is 56.0 Å². The molecule has 2 heterocycles. The molecule has 0 spiro atoms. The van der Waals surface area contributed by atoms with Crippen molar-refractivity contribution >= 4 is 39.7 Å². The van der Waals surface area contributed by atoms with Gasteiger partial charge in [-0.1, -0.05) is 122 Å². The average molecular weight is 542 g/mol. The molecule has 0 aliphatic carbocycles. The number of hydrogen-bond acceptors (Lipinski definition) is 4. The molecule has 0 fully saturated rings. The van der Waals surface area contributed by atoms with Crippen LogP contribution in [0.15, 0.2) is 132 Å². The van der Waals surface area contributed by atoms with E-state index in [0.717, 1.165) is 60.9 Å². The summed E-state index contributed by atoms with van der Waals surface area (Å²) in [5.41, 5.74) is 8.92. The number of hydrogen-bond donors (Lipinski definition) is 0. The van der Waals surface area contributed by atoms with E-state index in [-0.39, 0.29) is 0 Å². The summed E-state index contributed by atoms with van der Waals surface area (Å²) in [5, 5.41) is 2.18. The predicted octanol–water partition coefficient (Wildman–Crippen LogP) is 9.98. The zero-order chi connectivity index (χ0) is 28.5. The van der Waals surface area contributed by atoms with Gasteiger partial charge >= 0.3 is 0 Å². The third kappa shape index (κ3) is 4.69. The number of para-hydroxylation sites is 1. The van der Waals surface area contributed by atoms with Crippen LogP contribution in [-0.4, -0.2) is 15.0 Å². The summed E-state index contributed by atoms with van der Waals surface area (Å²) < 4.78 is 6.10. The molecular formula is C38H27N3O. The Morgan fingerprint density at radius 3 is 1.88 bits per heavy atom. The highest BCUT2D eigenvalue weighted by Gasteiger charge is 2.14. The first-order valence-electron chi connectivity index (χ1n) is 13.9. The van der Waals surface area contributed by atoms with Gasteiger partial charge in [-0.05, 0) is 47.4 Å². The van der Waals surface area contributed by atoms with Gasteiger partial charge in [0, 0.05) is 27.5 Å². The van der Waals surface area contributed by atoms with Crippen LogP contribution in [0.2, 0.25) is 0 Å². The van der Waals surface area contributed by atoms with Gasteiger partial charge in [-0.25, -0.2) is 15.0 Å². The van der Waals surface area contributed by atoms with E-state index in [4.69, 9.17) is 19.4 Å². The SMILES string of the molecule is C=Cc1c(/C=C(\C)c2cccc(-c3nc(-c4ccccc4)nc(-c4ccccc4)n3)c2)ccc2oc3ccccc3c12. The van der Waals surface area contributed by atoms with Crippen molar-refractivity contribution in [2.45, 2.75) is 6.92 Å². The lowest BCUT2D eigenvalue weighted by Gasteiger charge is -2.10. The smallest absolute Gasteiger partial charge is 0.164 e. The minimum absolute atomic E-state index is 0.635. The molecular weight excluding hydrogens is 514 g/mol. The molecule has 200 valence electrons. The van der Waals surface area contributed by atoms with Crippen LogP contribution in [-0.2, 0) is 0 Å². The largest absolute Gasteiger partial charge is 0.456 e. The van der Waals surface area contributed by atoms with Crippen LogP contribution in [0.5, 0.6) is 0 Å². The molecule has 0 aliphatic rings. The Bertz CT molecular complexity index is 2050. The Morgan fingerprint density at radius 1 is 0.619 bits per heavy atom. The molecule has 0 amide bonds. The molecule has 0 N–H and O–H groups in total. The van der Waals surface area contributed by atoms with Gasteiger partial charge < -0.3 is 4.42 Å². The van der Waals surface area contributed by atoms with E-state index in [1.807, 2.05) is 91.0 Å². The van der Waals surface area contributed by atoms with Crippen molar-refractivity contribution in [2.75, 3.05) is 0 Å². The highest BCUT2D eigenvalue weighted by molar-refractivity contribution is 6.10. The van der Waals surface area contributed by atoms with Crippen LogP contribution in [0.3, 0.4) is 0 Å². The molecule has 5 aromatic carbocycles. The number of rotatable bonds is 6. The van der Waals surface area contributed by atoms with E-state index in [9.17, 15) is 0 Å². The first-order chi connectivity index (χ1) is 20.7. The molecule has 0 aliphatic heterocycles. The molecule has 0 atom stereocenters. The summed E-state index contributed by atoms with van der Waals surface area (Å²) in [7, 11) is 0. The standard InChI is InChI=1S/C38H27N3O/c1-3-31-29(21-22-34-35(31)32-19-10-11-20-33(32)42-34)23-25(2)28-17-12-18-30(24-28)38-40-36(26-13-6-4-7-14-26)39-37(41-38)27-15-8-5-9-16-27/h3-24H,1H2,2H3/b25-23+. The lowest BCUT2D eigenvalue weighted by Crippen LogP contribution is -2.00. The molecule has 4 nitrogen and oxygen atoms in total. The van der Waals surface area contributed by atoms with E-state index < -0.39 is 0 Å². The fraction of sp³-hybridized carbons (Fsp3) is 0.0263. The van der Waals surface area contributed by atoms with Gasteiger partial charge in [0.1, 0.15) is 11.2 Å². The lowest BCUT2D eigenvalue weighted by molar-refractivity contribution is 0.669. The number of benzene rings is 5. The molecule has 2 aromatic heterocycles.